The molecule has 0 unspecified atom stereocenters. The molecule has 1 aliphatic carbocycles. The number of aryl methyl sites for hydroxylation is 1. The molecule has 1 aliphatic rings. The van der Waals surface area contributed by atoms with Crippen LogP contribution in [0.3, 0.4) is 0 Å². The van der Waals surface area contributed by atoms with Crippen LogP contribution in [-0.2, 0) is 6.42 Å². The predicted octanol–water partition coefficient (Wildman–Crippen LogP) is 3.34. The normalized spacial score (nSPS) is 19.9. The summed E-state index contributed by atoms with van der Waals surface area (Å²) < 4.78 is 0. The van der Waals surface area contributed by atoms with E-state index >= 15 is 0 Å². The lowest BCUT2D eigenvalue weighted by molar-refractivity contribution is 0.404. The van der Waals surface area contributed by atoms with E-state index < -0.39 is 0 Å². The van der Waals surface area contributed by atoms with Gasteiger partial charge in [0.15, 0.2) is 5.69 Å². The fourth-order valence-corrected chi connectivity index (χ4v) is 3.21. The third-order valence-corrected chi connectivity index (χ3v) is 4.64. The van der Waals surface area contributed by atoms with Crippen molar-refractivity contribution >= 4 is 17.2 Å². The van der Waals surface area contributed by atoms with Gasteiger partial charge < -0.3 is 16.4 Å². The van der Waals surface area contributed by atoms with Crippen molar-refractivity contribution in [3.8, 4) is 6.07 Å². The first-order chi connectivity index (χ1) is 12.2. The molecule has 2 heterocycles. The van der Waals surface area contributed by atoms with Crippen molar-refractivity contribution in [3.05, 3.63) is 41.9 Å². The maximum atomic E-state index is 9.45. The molecule has 2 atom stereocenters. The SMILES string of the molecule is CCc1cccc(Nc2c(N[C@@H]3CCCC[C@@H]3N)ccnc2C#N)n1. The molecule has 0 aliphatic heterocycles. The maximum absolute atomic E-state index is 9.45. The molecule has 0 aromatic carbocycles. The lowest BCUT2D eigenvalue weighted by Crippen LogP contribution is -2.42. The summed E-state index contributed by atoms with van der Waals surface area (Å²) in [5.41, 5.74) is 9.11. The number of nitrogens with two attached hydrogens (primary N) is 1. The molecule has 6 heteroatoms. The Kier molecular flexibility index (Phi) is 5.46. The van der Waals surface area contributed by atoms with E-state index in [0.717, 1.165) is 30.6 Å². The lowest BCUT2D eigenvalue weighted by atomic mass is 9.91. The Balaban J connectivity index is 1.89. The van der Waals surface area contributed by atoms with Crippen LogP contribution in [0.4, 0.5) is 17.2 Å². The standard InChI is InChI=1S/C19H24N6/c1-2-13-6-5-9-18(23-13)25-19-16(10-11-22-17(19)12-20)24-15-8-4-3-7-14(15)21/h5-6,9-11,14-15H,2-4,7-8,21H2,1H3,(H,22,24)(H,23,25)/t14-,15+/m0/s1. The molecule has 1 fully saturated rings. The Labute approximate surface area is 148 Å². The minimum atomic E-state index is 0.127. The predicted molar refractivity (Wildman–Crippen MR) is 99.7 cm³/mol. The van der Waals surface area contributed by atoms with Crippen LogP contribution in [0.1, 0.15) is 44.0 Å². The first kappa shape index (κ1) is 17.2. The first-order valence-corrected chi connectivity index (χ1v) is 8.85. The van der Waals surface area contributed by atoms with Gasteiger partial charge in [0.05, 0.1) is 5.69 Å². The molecule has 6 nitrogen and oxygen atoms in total. The highest BCUT2D eigenvalue weighted by atomic mass is 15.1. The van der Waals surface area contributed by atoms with E-state index in [1.807, 2.05) is 24.3 Å². The summed E-state index contributed by atoms with van der Waals surface area (Å²) in [6.45, 7) is 2.06. The number of nitrogens with one attached hydrogen (secondary N) is 2. The highest BCUT2D eigenvalue weighted by Gasteiger charge is 2.23. The number of hydrogen-bond acceptors (Lipinski definition) is 6. The summed E-state index contributed by atoms with van der Waals surface area (Å²) in [5, 5.41) is 16.2. The maximum Gasteiger partial charge on any atom is 0.166 e. The summed E-state index contributed by atoms with van der Waals surface area (Å²) in [4.78, 5) is 8.75. The van der Waals surface area contributed by atoms with Gasteiger partial charge in [0.25, 0.3) is 0 Å². The lowest BCUT2D eigenvalue weighted by Gasteiger charge is -2.31. The van der Waals surface area contributed by atoms with Gasteiger partial charge in [-0.1, -0.05) is 25.8 Å². The largest absolute Gasteiger partial charge is 0.379 e. The molecule has 0 amide bonds. The first-order valence-electron chi connectivity index (χ1n) is 8.85. The van der Waals surface area contributed by atoms with E-state index in [2.05, 4.69) is 33.6 Å². The topological polar surface area (TPSA) is 99.6 Å². The van der Waals surface area contributed by atoms with Crippen molar-refractivity contribution in [3.63, 3.8) is 0 Å². The van der Waals surface area contributed by atoms with Crippen LogP contribution in [0.5, 0.6) is 0 Å². The van der Waals surface area contributed by atoms with Gasteiger partial charge in [0, 0.05) is 24.0 Å². The second-order valence-corrected chi connectivity index (χ2v) is 6.39. The number of nitrogens with zero attached hydrogens (tertiary/aromatic N) is 3. The van der Waals surface area contributed by atoms with Crippen LogP contribution in [-0.4, -0.2) is 22.1 Å². The fraction of sp³-hybridized carbons (Fsp3) is 0.421. The van der Waals surface area contributed by atoms with E-state index in [-0.39, 0.29) is 12.1 Å². The zero-order chi connectivity index (χ0) is 17.6. The van der Waals surface area contributed by atoms with E-state index in [4.69, 9.17) is 5.73 Å². The van der Waals surface area contributed by atoms with Crippen LogP contribution in [0, 0.1) is 11.3 Å². The molecule has 4 N–H and O–H groups in total. The Morgan fingerprint density at radius 2 is 2.12 bits per heavy atom. The van der Waals surface area contributed by atoms with Crippen molar-refractivity contribution in [1.82, 2.24) is 9.97 Å². The minimum Gasteiger partial charge on any atom is -0.379 e. The Hall–Kier alpha value is -2.65. The Bertz CT molecular complexity index is 767. The third kappa shape index (κ3) is 4.06. The molecule has 0 radical (unpaired) electrons. The van der Waals surface area contributed by atoms with Crippen LogP contribution < -0.4 is 16.4 Å². The number of hydrogen-bond donors (Lipinski definition) is 3. The number of nitriles is 1. The summed E-state index contributed by atoms with van der Waals surface area (Å²) >= 11 is 0. The average Bonchev–Trinajstić information content (AvgIpc) is 2.65. The van der Waals surface area contributed by atoms with Gasteiger partial charge >= 0.3 is 0 Å². The molecule has 0 spiro atoms. The van der Waals surface area contributed by atoms with Crippen molar-refractivity contribution in [2.24, 2.45) is 5.73 Å². The summed E-state index contributed by atoms with van der Waals surface area (Å²) in [6, 6.07) is 10.2. The monoisotopic (exact) mass is 336 g/mol. The van der Waals surface area contributed by atoms with Crippen molar-refractivity contribution in [2.75, 3.05) is 10.6 Å². The number of anilines is 3. The highest BCUT2D eigenvalue weighted by Crippen LogP contribution is 2.30. The Morgan fingerprint density at radius 1 is 1.28 bits per heavy atom. The molecule has 0 saturated heterocycles. The highest BCUT2D eigenvalue weighted by molar-refractivity contribution is 5.77. The van der Waals surface area contributed by atoms with E-state index in [0.29, 0.717) is 17.2 Å². The van der Waals surface area contributed by atoms with Crippen LogP contribution in [0.2, 0.25) is 0 Å². The van der Waals surface area contributed by atoms with Crippen LogP contribution in [0.25, 0.3) is 0 Å². The summed E-state index contributed by atoms with van der Waals surface area (Å²) in [5.74, 6) is 0.708. The van der Waals surface area contributed by atoms with Gasteiger partial charge in [-0.15, -0.1) is 0 Å². The van der Waals surface area contributed by atoms with Gasteiger partial charge in [0.2, 0.25) is 0 Å². The van der Waals surface area contributed by atoms with Crippen LogP contribution >= 0.6 is 0 Å². The van der Waals surface area contributed by atoms with Crippen LogP contribution in [0.15, 0.2) is 30.5 Å². The molecule has 0 bridgehead atoms. The van der Waals surface area contributed by atoms with E-state index in [9.17, 15) is 5.26 Å². The second-order valence-electron chi connectivity index (χ2n) is 6.39. The molecule has 130 valence electrons. The van der Waals surface area contributed by atoms with Gasteiger partial charge in [-0.2, -0.15) is 5.26 Å². The van der Waals surface area contributed by atoms with Gasteiger partial charge in [-0.25, -0.2) is 9.97 Å². The van der Waals surface area contributed by atoms with Gasteiger partial charge in [-0.05, 0) is 37.5 Å². The molecular weight excluding hydrogens is 312 g/mol. The van der Waals surface area contributed by atoms with E-state index in [1.165, 1.54) is 12.8 Å². The summed E-state index contributed by atoms with van der Waals surface area (Å²) in [7, 11) is 0. The zero-order valence-corrected chi connectivity index (χ0v) is 14.5. The fourth-order valence-electron chi connectivity index (χ4n) is 3.21. The summed E-state index contributed by atoms with van der Waals surface area (Å²) in [6.07, 6.45) is 6.92. The van der Waals surface area contributed by atoms with Gasteiger partial charge in [0.1, 0.15) is 17.6 Å². The van der Waals surface area contributed by atoms with Crippen molar-refractivity contribution in [1.29, 1.82) is 5.26 Å². The molecule has 1 saturated carbocycles. The number of rotatable bonds is 5. The average molecular weight is 336 g/mol. The number of aromatic nitrogens is 2. The van der Waals surface area contributed by atoms with Gasteiger partial charge in [-0.3, -0.25) is 0 Å². The molecule has 2 aromatic rings. The molecular formula is C19H24N6. The molecule has 3 rings (SSSR count). The Morgan fingerprint density at radius 3 is 2.88 bits per heavy atom. The second kappa shape index (κ2) is 7.95. The van der Waals surface area contributed by atoms with E-state index in [1.54, 1.807) is 6.20 Å². The smallest absolute Gasteiger partial charge is 0.166 e. The third-order valence-electron chi connectivity index (χ3n) is 4.64. The number of pyridine rings is 2. The van der Waals surface area contributed by atoms with Crippen molar-refractivity contribution < 1.29 is 0 Å². The molecule has 25 heavy (non-hydrogen) atoms. The quantitative estimate of drug-likeness (QED) is 0.774. The zero-order valence-electron chi connectivity index (χ0n) is 14.5. The van der Waals surface area contributed by atoms with Crippen molar-refractivity contribution in [2.45, 2.75) is 51.1 Å². The molecule has 2 aromatic heterocycles. The minimum absolute atomic E-state index is 0.127.